The number of morpholine rings is 1. The van der Waals surface area contributed by atoms with Crippen LogP contribution in [0.1, 0.15) is 77.0 Å². The number of nitriles is 1. The molecule has 0 bridgehead atoms. The Kier molecular flexibility index (Phi) is 7.77. The highest BCUT2D eigenvalue weighted by Crippen LogP contribution is 2.46. The van der Waals surface area contributed by atoms with Gasteiger partial charge >= 0.3 is 0 Å². The van der Waals surface area contributed by atoms with Crippen LogP contribution in [0.25, 0.3) is 33.5 Å². The number of fused-ring (bicyclic) bond motifs is 4. The molecule has 3 aliphatic heterocycles. The highest BCUT2D eigenvalue weighted by molar-refractivity contribution is 6.08. The summed E-state index contributed by atoms with van der Waals surface area (Å²) in [7, 11) is 0. The lowest BCUT2D eigenvalue weighted by molar-refractivity contribution is 0.00352. The van der Waals surface area contributed by atoms with Crippen LogP contribution in [0.5, 0.6) is 0 Å². The zero-order valence-corrected chi connectivity index (χ0v) is 26.9. The fourth-order valence-corrected chi connectivity index (χ4v) is 7.50. The molecule has 0 unspecified atom stereocenters. The van der Waals surface area contributed by atoms with Gasteiger partial charge in [0.25, 0.3) is 5.91 Å². The highest BCUT2D eigenvalue weighted by Gasteiger charge is 2.44. The van der Waals surface area contributed by atoms with Crippen molar-refractivity contribution < 1.29 is 23.1 Å². The molecule has 3 aromatic heterocycles. The summed E-state index contributed by atoms with van der Waals surface area (Å²) >= 11 is 0. The van der Waals surface area contributed by atoms with E-state index in [0.717, 1.165) is 71.5 Å². The molecule has 10 nitrogen and oxygen atoms in total. The summed E-state index contributed by atoms with van der Waals surface area (Å²) in [5, 5.41) is 18.8. The molecule has 0 N–H and O–H groups in total. The Bertz CT molecular complexity index is 2090. The predicted octanol–water partition coefficient (Wildman–Crippen LogP) is 6.57. The monoisotopic (exact) mass is 646 g/mol. The van der Waals surface area contributed by atoms with Crippen LogP contribution in [-0.2, 0) is 15.9 Å². The third-order valence-corrected chi connectivity index (χ3v) is 10.1. The van der Waals surface area contributed by atoms with Crippen LogP contribution in [-0.4, -0.2) is 63.5 Å². The molecule has 8 rings (SSSR count). The standard InChI is InChI=1S/C37H35FN6O4/c1-21(24-4-5-27(19-39)28(38)18-24)43-12-9-25-17-26(6-8-30(25)43)32-33(36-42-41-22(2)48-36)29(7-3-23-10-14-46-15-11-23)40-35-31-20-47-16-13-44(31)37(45)34(32)35/h4-6,8-9,12,17-18,21,23,31H,3,7,10-11,13-16,20H2,1-2H3/t21-,31+/m0/s1. The van der Waals surface area contributed by atoms with E-state index in [1.54, 1.807) is 13.0 Å². The van der Waals surface area contributed by atoms with Gasteiger partial charge < -0.3 is 23.4 Å². The molecule has 2 atom stereocenters. The number of carbonyl (C=O) groups excluding carboxylic acids is 1. The first-order valence-corrected chi connectivity index (χ1v) is 16.6. The number of aryl methyl sites for hydroxylation is 2. The van der Waals surface area contributed by atoms with Crippen molar-refractivity contribution in [2.45, 2.75) is 51.6 Å². The number of rotatable bonds is 7. The number of halogens is 1. The van der Waals surface area contributed by atoms with E-state index < -0.39 is 5.82 Å². The molecule has 0 spiro atoms. The number of ether oxygens (including phenoxy) is 2. The van der Waals surface area contributed by atoms with Crippen molar-refractivity contribution in [2.24, 2.45) is 5.92 Å². The Hall–Kier alpha value is -4.92. The zero-order chi connectivity index (χ0) is 32.9. The Morgan fingerprint density at radius 1 is 1.04 bits per heavy atom. The minimum atomic E-state index is -0.532. The molecule has 2 saturated heterocycles. The van der Waals surface area contributed by atoms with Gasteiger partial charge in [0.15, 0.2) is 0 Å². The summed E-state index contributed by atoms with van der Waals surface area (Å²) < 4.78 is 34.2. The van der Waals surface area contributed by atoms with Crippen LogP contribution in [0.3, 0.4) is 0 Å². The topological polar surface area (TPSA) is 119 Å². The number of hydrogen-bond acceptors (Lipinski definition) is 8. The van der Waals surface area contributed by atoms with Gasteiger partial charge in [0.2, 0.25) is 11.8 Å². The molecule has 0 aliphatic carbocycles. The summed E-state index contributed by atoms with van der Waals surface area (Å²) in [5.41, 5.74) is 6.18. The number of pyridine rings is 1. The number of nitrogens with zero attached hydrogens (tertiary/aromatic N) is 6. The van der Waals surface area contributed by atoms with Crippen molar-refractivity contribution >= 4 is 16.8 Å². The molecule has 11 heteroatoms. The first-order chi connectivity index (χ1) is 23.4. The maximum absolute atomic E-state index is 14.5. The Morgan fingerprint density at radius 3 is 2.67 bits per heavy atom. The third-order valence-electron chi connectivity index (χ3n) is 10.1. The second-order valence-electron chi connectivity index (χ2n) is 12.9. The van der Waals surface area contributed by atoms with Crippen LogP contribution >= 0.6 is 0 Å². The minimum absolute atomic E-state index is 0.0227. The lowest BCUT2D eigenvalue weighted by atomic mass is 9.88. The van der Waals surface area contributed by atoms with E-state index in [1.165, 1.54) is 12.1 Å². The molecule has 244 valence electrons. The molecule has 1 amide bonds. The van der Waals surface area contributed by atoms with Gasteiger partial charge in [-0.25, -0.2) is 4.39 Å². The second-order valence-corrected chi connectivity index (χ2v) is 12.9. The van der Waals surface area contributed by atoms with E-state index in [4.69, 9.17) is 18.9 Å². The van der Waals surface area contributed by atoms with Crippen LogP contribution < -0.4 is 0 Å². The summed E-state index contributed by atoms with van der Waals surface area (Å²) in [6.07, 6.45) is 5.63. The van der Waals surface area contributed by atoms with Crippen molar-refractivity contribution in [2.75, 3.05) is 33.0 Å². The van der Waals surface area contributed by atoms with E-state index in [9.17, 15) is 14.4 Å². The normalized spacial score (nSPS) is 18.6. The average molecular weight is 647 g/mol. The minimum Gasteiger partial charge on any atom is -0.421 e. The highest BCUT2D eigenvalue weighted by atomic mass is 19.1. The van der Waals surface area contributed by atoms with Crippen molar-refractivity contribution in [1.29, 1.82) is 5.26 Å². The van der Waals surface area contributed by atoms with Gasteiger partial charge in [-0.3, -0.25) is 9.78 Å². The van der Waals surface area contributed by atoms with Gasteiger partial charge in [-0.1, -0.05) is 12.1 Å². The first-order valence-electron chi connectivity index (χ1n) is 16.6. The molecule has 48 heavy (non-hydrogen) atoms. The quantitative estimate of drug-likeness (QED) is 0.195. The average Bonchev–Trinajstić information content (AvgIpc) is 3.82. The van der Waals surface area contributed by atoms with Gasteiger partial charge in [-0.05, 0) is 80.0 Å². The van der Waals surface area contributed by atoms with E-state index in [2.05, 4.69) is 20.8 Å². The van der Waals surface area contributed by atoms with Gasteiger partial charge in [-0.2, -0.15) is 5.26 Å². The maximum Gasteiger partial charge on any atom is 0.257 e. The fourth-order valence-electron chi connectivity index (χ4n) is 7.50. The van der Waals surface area contributed by atoms with Gasteiger partial charge in [-0.15, -0.1) is 10.2 Å². The zero-order valence-electron chi connectivity index (χ0n) is 26.9. The number of benzene rings is 2. The molecule has 2 fully saturated rings. The lowest BCUT2D eigenvalue weighted by Gasteiger charge is -2.29. The van der Waals surface area contributed by atoms with Crippen molar-refractivity contribution in [3.05, 3.63) is 88.4 Å². The maximum atomic E-state index is 14.5. The van der Waals surface area contributed by atoms with Crippen LogP contribution in [0.15, 0.2) is 53.1 Å². The van der Waals surface area contributed by atoms with Crippen LogP contribution in [0.4, 0.5) is 4.39 Å². The Morgan fingerprint density at radius 2 is 1.90 bits per heavy atom. The van der Waals surface area contributed by atoms with Crippen molar-refractivity contribution in [3.63, 3.8) is 0 Å². The molecular formula is C37H35FN6O4. The molecule has 3 aliphatic rings. The van der Waals surface area contributed by atoms with Crippen LogP contribution in [0, 0.1) is 30.0 Å². The SMILES string of the molecule is Cc1nnc(-c2c(CCC3CCOCC3)nc3c(c2-c2ccc4c(ccn4[C@@H](C)c4ccc(C#N)c(F)c4)c2)C(=O)N2CCOC[C@H]32)o1. The smallest absolute Gasteiger partial charge is 0.257 e. The molecule has 0 saturated carbocycles. The van der Waals surface area contributed by atoms with E-state index in [-0.39, 0.29) is 23.6 Å². The van der Waals surface area contributed by atoms with E-state index in [0.29, 0.717) is 55.0 Å². The fraction of sp³-hybridized carbons (Fsp3) is 0.378. The molecular weight excluding hydrogens is 611 g/mol. The Labute approximate surface area is 277 Å². The third kappa shape index (κ3) is 5.16. The summed E-state index contributed by atoms with van der Waals surface area (Å²) in [5.74, 6) is 0.708. The molecule has 0 radical (unpaired) electrons. The second kappa shape index (κ2) is 12.3. The lowest BCUT2D eigenvalue weighted by Crippen LogP contribution is -2.38. The number of amides is 1. The van der Waals surface area contributed by atoms with Gasteiger partial charge in [0, 0.05) is 49.3 Å². The first kappa shape index (κ1) is 30.4. The summed E-state index contributed by atoms with van der Waals surface area (Å²) in [6, 6.07) is 14.4. The summed E-state index contributed by atoms with van der Waals surface area (Å²) in [4.78, 5) is 21.3. The predicted molar refractivity (Wildman–Crippen MR) is 175 cm³/mol. The number of hydrogen-bond donors (Lipinski definition) is 0. The largest absolute Gasteiger partial charge is 0.421 e. The van der Waals surface area contributed by atoms with Crippen molar-refractivity contribution in [1.82, 2.24) is 24.6 Å². The summed E-state index contributed by atoms with van der Waals surface area (Å²) in [6.45, 7) is 6.69. The van der Waals surface area contributed by atoms with Crippen LogP contribution in [0.2, 0.25) is 0 Å². The number of aromatic nitrogens is 4. The Balaban J connectivity index is 1.28. The molecule has 6 heterocycles. The van der Waals surface area contributed by atoms with E-state index in [1.807, 2.05) is 42.3 Å². The van der Waals surface area contributed by atoms with Gasteiger partial charge in [0.1, 0.15) is 11.9 Å². The number of carbonyl (C=O) groups is 1. The van der Waals surface area contributed by atoms with E-state index >= 15 is 0 Å². The van der Waals surface area contributed by atoms with Gasteiger partial charge in [0.05, 0.1) is 53.4 Å². The van der Waals surface area contributed by atoms with Crippen molar-refractivity contribution in [3.8, 4) is 28.7 Å². The molecule has 5 aromatic rings. The molecule has 2 aromatic carbocycles.